The Morgan fingerprint density at radius 3 is 2.44 bits per heavy atom. The number of benzene rings is 1. The van der Waals surface area contributed by atoms with Crippen LogP contribution in [-0.2, 0) is 11.2 Å². The number of pyridine rings is 1. The highest BCUT2D eigenvalue weighted by Crippen LogP contribution is 2.28. The van der Waals surface area contributed by atoms with Crippen molar-refractivity contribution >= 4 is 27.7 Å². The lowest BCUT2D eigenvalue weighted by Gasteiger charge is -2.35. The molecule has 0 saturated carbocycles. The molecule has 7 heteroatoms. The van der Waals surface area contributed by atoms with Gasteiger partial charge in [-0.05, 0) is 52.2 Å². The predicted molar refractivity (Wildman–Crippen MR) is 109 cm³/mol. The van der Waals surface area contributed by atoms with E-state index < -0.39 is 0 Å². The molecule has 0 spiro atoms. The van der Waals surface area contributed by atoms with Crippen molar-refractivity contribution in [3.63, 3.8) is 0 Å². The molecule has 0 unspecified atom stereocenters. The summed E-state index contributed by atoms with van der Waals surface area (Å²) in [5, 5.41) is 0. The second kappa shape index (κ2) is 9.08. The first-order valence-electron chi connectivity index (χ1n) is 8.96. The summed E-state index contributed by atoms with van der Waals surface area (Å²) in [5.74, 6) is 2.53. The van der Waals surface area contributed by atoms with Crippen molar-refractivity contribution < 1.29 is 14.3 Å². The Kier molecular flexibility index (Phi) is 6.55. The van der Waals surface area contributed by atoms with Crippen LogP contribution in [-0.4, -0.2) is 56.2 Å². The van der Waals surface area contributed by atoms with Gasteiger partial charge in [0.25, 0.3) is 0 Å². The van der Waals surface area contributed by atoms with E-state index in [2.05, 4.69) is 25.8 Å². The van der Waals surface area contributed by atoms with Gasteiger partial charge in [0.15, 0.2) is 11.5 Å². The molecule has 6 nitrogen and oxygen atoms in total. The fourth-order valence-electron chi connectivity index (χ4n) is 3.19. The number of anilines is 1. The van der Waals surface area contributed by atoms with E-state index in [9.17, 15) is 4.79 Å². The van der Waals surface area contributed by atoms with Crippen LogP contribution < -0.4 is 14.4 Å². The Morgan fingerprint density at radius 1 is 1.07 bits per heavy atom. The van der Waals surface area contributed by atoms with Gasteiger partial charge in [-0.1, -0.05) is 6.07 Å². The second-order valence-corrected chi connectivity index (χ2v) is 7.31. The van der Waals surface area contributed by atoms with Gasteiger partial charge in [-0.25, -0.2) is 4.98 Å². The number of aryl methyl sites for hydroxylation is 1. The Hall–Kier alpha value is -2.28. The minimum absolute atomic E-state index is 0.188. The van der Waals surface area contributed by atoms with Gasteiger partial charge in [-0.3, -0.25) is 4.79 Å². The van der Waals surface area contributed by atoms with Crippen LogP contribution in [0.5, 0.6) is 11.5 Å². The van der Waals surface area contributed by atoms with Gasteiger partial charge in [0.05, 0.1) is 14.2 Å². The Labute approximate surface area is 168 Å². The van der Waals surface area contributed by atoms with E-state index in [0.717, 1.165) is 42.0 Å². The fraction of sp³-hybridized carbons (Fsp3) is 0.400. The van der Waals surface area contributed by atoms with Gasteiger partial charge >= 0.3 is 0 Å². The summed E-state index contributed by atoms with van der Waals surface area (Å²) in [6, 6.07) is 9.78. The first-order chi connectivity index (χ1) is 13.1. The number of methoxy groups -OCH3 is 2. The summed E-state index contributed by atoms with van der Waals surface area (Å²) in [6.07, 6.45) is 2.98. The first kappa shape index (κ1) is 19.5. The molecule has 144 valence electrons. The number of piperazine rings is 1. The number of ether oxygens (including phenoxy) is 2. The molecule has 0 radical (unpaired) electrons. The normalized spacial score (nSPS) is 14.2. The average Bonchev–Trinajstić information content (AvgIpc) is 2.72. The molecule has 0 aliphatic carbocycles. The molecule has 1 fully saturated rings. The molecule has 2 heterocycles. The summed E-state index contributed by atoms with van der Waals surface area (Å²) in [6.45, 7) is 3.05. The van der Waals surface area contributed by atoms with Crippen LogP contribution in [0.1, 0.15) is 12.0 Å². The van der Waals surface area contributed by atoms with Crippen LogP contribution >= 0.6 is 15.9 Å². The third-order valence-electron chi connectivity index (χ3n) is 4.74. The highest BCUT2D eigenvalue weighted by Gasteiger charge is 2.21. The van der Waals surface area contributed by atoms with E-state index in [4.69, 9.17) is 9.47 Å². The number of amides is 1. The number of halogens is 1. The van der Waals surface area contributed by atoms with Gasteiger partial charge in [0.1, 0.15) is 5.82 Å². The average molecular weight is 434 g/mol. The molecule has 3 rings (SSSR count). The molecule has 0 bridgehead atoms. The number of carbonyl (C=O) groups is 1. The van der Waals surface area contributed by atoms with Crippen LogP contribution in [0.3, 0.4) is 0 Å². The molecule has 1 saturated heterocycles. The van der Waals surface area contributed by atoms with Crippen molar-refractivity contribution in [2.45, 2.75) is 12.8 Å². The van der Waals surface area contributed by atoms with Gasteiger partial charge in [0, 0.05) is 43.3 Å². The molecular weight excluding hydrogens is 410 g/mol. The van der Waals surface area contributed by atoms with E-state index in [1.807, 2.05) is 35.2 Å². The first-order valence-corrected chi connectivity index (χ1v) is 9.75. The van der Waals surface area contributed by atoms with Crippen LogP contribution in [0.4, 0.5) is 5.82 Å². The zero-order valence-electron chi connectivity index (χ0n) is 15.7. The predicted octanol–water partition coefficient (Wildman–Crippen LogP) is 3.14. The van der Waals surface area contributed by atoms with Crippen LogP contribution in [0.25, 0.3) is 0 Å². The zero-order chi connectivity index (χ0) is 19.2. The van der Waals surface area contributed by atoms with Gasteiger partial charge in [-0.2, -0.15) is 0 Å². The molecule has 1 aliphatic rings. The van der Waals surface area contributed by atoms with Crippen molar-refractivity contribution in [3.05, 3.63) is 46.6 Å². The highest BCUT2D eigenvalue weighted by atomic mass is 79.9. The van der Waals surface area contributed by atoms with E-state index in [1.165, 1.54) is 0 Å². The topological polar surface area (TPSA) is 54.9 Å². The van der Waals surface area contributed by atoms with E-state index >= 15 is 0 Å². The quantitative estimate of drug-likeness (QED) is 0.700. The number of rotatable bonds is 6. The van der Waals surface area contributed by atoms with Gasteiger partial charge < -0.3 is 19.3 Å². The SMILES string of the molecule is COc1ccc(CCC(=O)N2CCN(c3ccc(Br)cn3)CC2)cc1OC. The van der Waals surface area contributed by atoms with E-state index in [1.54, 1.807) is 20.4 Å². The van der Waals surface area contributed by atoms with Crippen LogP contribution in [0.2, 0.25) is 0 Å². The molecule has 1 aromatic heterocycles. The van der Waals surface area contributed by atoms with Gasteiger partial charge in [0.2, 0.25) is 5.91 Å². The number of hydrogen-bond donors (Lipinski definition) is 0. The minimum Gasteiger partial charge on any atom is -0.493 e. The third kappa shape index (κ3) is 4.91. The Balaban J connectivity index is 1.50. The summed E-state index contributed by atoms with van der Waals surface area (Å²) in [5.41, 5.74) is 1.07. The fourth-order valence-corrected chi connectivity index (χ4v) is 3.42. The molecule has 2 aromatic rings. The van der Waals surface area contributed by atoms with Crippen molar-refractivity contribution in [1.82, 2.24) is 9.88 Å². The molecule has 1 amide bonds. The van der Waals surface area contributed by atoms with Crippen molar-refractivity contribution in [1.29, 1.82) is 0 Å². The third-order valence-corrected chi connectivity index (χ3v) is 5.21. The van der Waals surface area contributed by atoms with Gasteiger partial charge in [-0.15, -0.1) is 0 Å². The maximum atomic E-state index is 12.6. The lowest BCUT2D eigenvalue weighted by Crippen LogP contribution is -2.49. The largest absolute Gasteiger partial charge is 0.493 e. The summed E-state index contributed by atoms with van der Waals surface area (Å²) < 4.78 is 11.5. The van der Waals surface area contributed by atoms with Crippen molar-refractivity contribution in [3.8, 4) is 11.5 Å². The smallest absolute Gasteiger partial charge is 0.223 e. The molecule has 1 aliphatic heterocycles. The molecule has 0 N–H and O–H groups in total. The van der Waals surface area contributed by atoms with E-state index in [-0.39, 0.29) is 5.91 Å². The molecule has 1 aromatic carbocycles. The van der Waals surface area contributed by atoms with Crippen LogP contribution in [0.15, 0.2) is 41.0 Å². The standard InChI is InChI=1S/C20H24BrN3O3/c1-26-17-6-3-15(13-18(17)27-2)4-8-20(25)24-11-9-23(10-12-24)19-7-5-16(21)14-22-19/h3,5-7,13-14H,4,8-12H2,1-2H3. The number of aromatic nitrogens is 1. The lowest BCUT2D eigenvalue weighted by atomic mass is 10.1. The molecule has 27 heavy (non-hydrogen) atoms. The van der Waals surface area contributed by atoms with E-state index in [0.29, 0.717) is 24.3 Å². The number of carbonyl (C=O) groups excluding carboxylic acids is 1. The Morgan fingerprint density at radius 2 is 1.81 bits per heavy atom. The minimum atomic E-state index is 0.188. The maximum Gasteiger partial charge on any atom is 0.223 e. The summed E-state index contributed by atoms with van der Waals surface area (Å²) in [7, 11) is 3.23. The monoisotopic (exact) mass is 433 g/mol. The lowest BCUT2D eigenvalue weighted by molar-refractivity contribution is -0.131. The van der Waals surface area contributed by atoms with Crippen molar-refractivity contribution in [2.75, 3.05) is 45.3 Å². The maximum absolute atomic E-state index is 12.6. The summed E-state index contributed by atoms with van der Waals surface area (Å²) in [4.78, 5) is 21.2. The van der Waals surface area contributed by atoms with Crippen molar-refractivity contribution in [2.24, 2.45) is 0 Å². The highest BCUT2D eigenvalue weighted by molar-refractivity contribution is 9.10. The number of hydrogen-bond acceptors (Lipinski definition) is 5. The second-order valence-electron chi connectivity index (χ2n) is 6.39. The summed E-state index contributed by atoms with van der Waals surface area (Å²) >= 11 is 3.40. The molecular formula is C20H24BrN3O3. The number of nitrogens with zero attached hydrogens (tertiary/aromatic N) is 3. The van der Waals surface area contributed by atoms with Crippen LogP contribution in [0, 0.1) is 0 Å². The Bertz CT molecular complexity index is 775. The molecule has 0 atom stereocenters. The zero-order valence-corrected chi connectivity index (χ0v) is 17.2.